The molecule has 1 heterocycles. The average molecular weight is 298 g/mol. The maximum atomic E-state index is 12.1. The van der Waals surface area contributed by atoms with Crippen molar-refractivity contribution in [3.8, 4) is 0 Å². The highest BCUT2D eigenvalue weighted by atomic mass is 32.2. The van der Waals surface area contributed by atoms with Crippen molar-refractivity contribution in [2.24, 2.45) is 5.92 Å². The molecule has 2 atom stereocenters. The molecule has 112 valence electrons. The number of hydrogen-bond acceptors (Lipinski definition) is 4. The highest BCUT2D eigenvalue weighted by Crippen LogP contribution is 2.22. The van der Waals surface area contributed by atoms with Crippen molar-refractivity contribution >= 4 is 15.7 Å². The zero-order chi connectivity index (χ0) is 14.6. The summed E-state index contributed by atoms with van der Waals surface area (Å²) in [7, 11) is -3.31. The second-order valence-corrected chi connectivity index (χ2v) is 7.02. The number of anilines is 1. The first-order valence-corrected chi connectivity index (χ1v) is 8.59. The number of nitrogens with two attached hydrogens (primary N) is 1. The number of ether oxygens (including phenoxy) is 1. The van der Waals surface area contributed by atoms with Crippen molar-refractivity contribution in [3.63, 3.8) is 0 Å². The minimum absolute atomic E-state index is 0.0162. The van der Waals surface area contributed by atoms with Crippen molar-refractivity contribution < 1.29 is 13.2 Å². The molecule has 2 rings (SSSR count). The zero-order valence-corrected chi connectivity index (χ0v) is 12.5. The summed E-state index contributed by atoms with van der Waals surface area (Å²) in [5, 5.41) is 0. The maximum absolute atomic E-state index is 12.1. The Hall–Kier alpha value is -1.11. The van der Waals surface area contributed by atoms with Crippen LogP contribution in [0.2, 0.25) is 0 Å². The van der Waals surface area contributed by atoms with Crippen LogP contribution in [0.25, 0.3) is 0 Å². The Balaban J connectivity index is 1.89. The molecule has 0 amide bonds. The van der Waals surface area contributed by atoms with Crippen LogP contribution in [-0.4, -0.2) is 27.7 Å². The summed E-state index contributed by atoms with van der Waals surface area (Å²) in [6, 6.07) is 6.90. The van der Waals surface area contributed by atoms with E-state index in [-0.39, 0.29) is 17.8 Å². The summed E-state index contributed by atoms with van der Waals surface area (Å²) in [6.45, 7) is 3.24. The van der Waals surface area contributed by atoms with Crippen LogP contribution in [0.4, 0.5) is 5.69 Å². The van der Waals surface area contributed by atoms with Gasteiger partial charge in [0.2, 0.25) is 10.0 Å². The van der Waals surface area contributed by atoms with Gasteiger partial charge in [-0.1, -0.05) is 19.1 Å². The minimum Gasteiger partial charge on any atom is -0.399 e. The molecule has 0 aromatic heterocycles. The van der Waals surface area contributed by atoms with Crippen LogP contribution in [-0.2, 0) is 20.5 Å². The van der Waals surface area contributed by atoms with Crippen molar-refractivity contribution in [2.75, 3.05) is 18.9 Å². The topological polar surface area (TPSA) is 81.4 Å². The van der Waals surface area contributed by atoms with Gasteiger partial charge in [-0.15, -0.1) is 0 Å². The quantitative estimate of drug-likeness (QED) is 0.780. The third kappa shape index (κ3) is 4.19. The number of rotatable bonds is 6. The lowest BCUT2D eigenvalue weighted by Crippen LogP contribution is -2.33. The molecule has 2 unspecified atom stereocenters. The summed E-state index contributed by atoms with van der Waals surface area (Å²) in [5.74, 6) is 0.263. The molecular weight excluding hydrogens is 276 g/mol. The van der Waals surface area contributed by atoms with Crippen molar-refractivity contribution in [2.45, 2.75) is 31.6 Å². The van der Waals surface area contributed by atoms with Gasteiger partial charge in [0.05, 0.1) is 11.9 Å². The Bertz CT molecular complexity index is 528. The van der Waals surface area contributed by atoms with E-state index in [9.17, 15) is 8.42 Å². The first-order valence-electron chi connectivity index (χ1n) is 6.93. The Morgan fingerprint density at radius 1 is 1.35 bits per heavy atom. The predicted molar refractivity (Wildman–Crippen MR) is 79.6 cm³/mol. The molecule has 0 radical (unpaired) electrons. The van der Waals surface area contributed by atoms with Gasteiger partial charge in [-0.05, 0) is 30.5 Å². The van der Waals surface area contributed by atoms with E-state index in [2.05, 4.69) is 11.6 Å². The van der Waals surface area contributed by atoms with Gasteiger partial charge in [-0.2, -0.15) is 0 Å². The van der Waals surface area contributed by atoms with Gasteiger partial charge in [0.15, 0.2) is 0 Å². The molecule has 1 aliphatic rings. The van der Waals surface area contributed by atoms with Gasteiger partial charge in [-0.3, -0.25) is 0 Å². The number of benzene rings is 1. The van der Waals surface area contributed by atoms with Crippen LogP contribution < -0.4 is 10.5 Å². The summed E-state index contributed by atoms with van der Waals surface area (Å²) >= 11 is 0. The Kier molecular flexibility index (Phi) is 5.01. The summed E-state index contributed by atoms with van der Waals surface area (Å²) in [6.07, 6.45) is 2.02. The normalized spacial score (nSPS) is 23.1. The Morgan fingerprint density at radius 2 is 2.05 bits per heavy atom. The fraction of sp³-hybridized carbons (Fsp3) is 0.571. The molecule has 1 fully saturated rings. The predicted octanol–water partition coefficient (Wildman–Crippen LogP) is 1.50. The lowest BCUT2D eigenvalue weighted by molar-refractivity contribution is 0.0884. The van der Waals surface area contributed by atoms with E-state index in [1.807, 2.05) is 0 Å². The molecule has 6 heteroatoms. The van der Waals surface area contributed by atoms with Crippen LogP contribution in [0.5, 0.6) is 0 Å². The molecule has 0 aliphatic carbocycles. The van der Waals surface area contributed by atoms with Crippen molar-refractivity contribution in [1.82, 2.24) is 4.72 Å². The van der Waals surface area contributed by atoms with E-state index in [1.165, 1.54) is 0 Å². The second-order valence-electron chi connectivity index (χ2n) is 5.22. The second kappa shape index (κ2) is 6.56. The van der Waals surface area contributed by atoms with E-state index in [0.717, 1.165) is 25.0 Å². The molecule has 3 N–H and O–H groups in total. The number of nitrogens with one attached hydrogen (secondary N) is 1. The molecule has 0 bridgehead atoms. The van der Waals surface area contributed by atoms with Gasteiger partial charge >= 0.3 is 0 Å². The minimum atomic E-state index is -3.31. The van der Waals surface area contributed by atoms with E-state index >= 15 is 0 Å². The largest absolute Gasteiger partial charge is 0.399 e. The number of hydrogen-bond donors (Lipinski definition) is 2. The molecule has 20 heavy (non-hydrogen) atoms. The first-order chi connectivity index (χ1) is 9.50. The summed E-state index contributed by atoms with van der Waals surface area (Å²) in [4.78, 5) is 0. The van der Waals surface area contributed by atoms with Crippen LogP contribution >= 0.6 is 0 Å². The lowest BCUT2D eigenvalue weighted by Gasteiger charge is -2.17. The molecule has 1 aromatic rings. The Labute approximate surface area is 120 Å². The molecule has 1 aromatic carbocycles. The van der Waals surface area contributed by atoms with Crippen LogP contribution in [0, 0.1) is 5.92 Å². The van der Waals surface area contributed by atoms with Gasteiger partial charge in [0, 0.05) is 24.8 Å². The standard InChI is InChI=1S/C14H22N2O3S/c1-2-14-12(7-8-19-14)9-16-20(17,18)10-11-3-5-13(15)6-4-11/h3-6,12,14,16H,2,7-10,15H2,1H3. The highest BCUT2D eigenvalue weighted by Gasteiger charge is 2.27. The molecular formula is C14H22N2O3S. The highest BCUT2D eigenvalue weighted by molar-refractivity contribution is 7.88. The molecule has 0 saturated carbocycles. The number of nitrogen functional groups attached to an aromatic ring is 1. The third-order valence-corrected chi connectivity index (χ3v) is 4.97. The fourth-order valence-electron chi connectivity index (χ4n) is 2.50. The maximum Gasteiger partial charge on any atom is 0.215 e. The lowest BCUT2D eigenvalue weighted by atomic mass is 10.0. The Morgan fingerprint density at radius 3 is 2.70 bits per heavy atom. The van der Waals surface area contributed by atoms with E-state index in [1.54, 1.807) is 24.3 Å². The van der Waals surface area contributed by atoms with Gasteiger partial charge < -0.3 is 10.5 Å². The monoisotopic (exact) mass is 298 g/mol. The summed E-state index contributed by atoms with van der Waals surface area (Å²) in [5.41, 5.74) is 6.95. The van der Waals surface area contributed by atoms with Crippen molar-refractivity contribution in [3.05, 3.63) is 29.8 Å². The first kappa shape index (κ1) is 15.3. The van der Waals surface area contributed by atoms with Gasteiger partial charge in [-0.25, -0.2) is 13.1 Å². The molecule has 1 aliphatic heterocycles. The third-order valence-electron chi connectivity index (χ3n) is 3.65. The SMILES string of the molecule is CCC1OCCC1CNS(=O)(=O)Cc1ccc(N)cc1. The zero-order valence-electron chi connectivity index (χ0n) is 11.7. The van der Waals surface area contributed by atoms with Crippen LogP contribution in [0.15, 0.2) is 24.3 Å². The van der Waals surface area contributed by atoms with Crippen molar-refractivity contribution in [1.29, 1.82) is 0 Å². The fourth-order valence-corrected chi connectivity index (χ4v) is 3.70. The van der Waals surface area contributed by atoms with Gasteiger partial charge in [0.25, 0.3) is 0 Å². The molecule has 1 saturated heterocycles. The smallest absolute Gasteiger partial charge is 0.215 e. The average Bonchev–Trinajstić information content (AvgIpc) is 2.86. The van der Waals surface area contributed by atoms with Gasteiger partial charge in [0.1, 0.15) is 0 Å². The van der Waals surface area contributed by atoms with Crippen LogP contribution in [0.3, 0.4) is 0 Å². The van der Waals surface area contributed by atoms with E-state index in [0.29, 0.717) is 12.2 Å². The van der Waals surface area contributed by atoms with E-state index in [4.69, 9.17) is 10.5 Å². The molecule has 5 nitrogen and oxygen atoms in total. The molecule has 0 spiro atoms. The van der Waals surface area contributed by atoms with Crippen LogP contribution in [0.1, 0.15) is 25.3 Å². The van der Waals surface area contributed by atoms with E-state index < -0.39 is 10.0 Å². The summed E-state index contributed by atoms with van der Waals surface area (Å²) < 4.78 is 32.4. The number of sulfonamides is 1.